The molecular weight excluding hydrogens is 340 g/mol. The van der Waals surface area contributed by atoms with Gasteiger partial charge in [-0.1, -0.05) is 19.1 Å². The smallest absolute Gasteiger partial charge is 0.257 e. The Morgan fingerprint density at radius 2 is 2.16 bits per heavy atom. The van der Waals surface area contributed by atoms with Gasteiger partial charge in [-0.25, -0.2) is 8.42 Å². The largest absolute Gasteiger partial charge is 0.330 e. The molecule has 1 aromatic rings. The number of sulfonamides is 1. The van der Waals surface area contributed by atoms with Gasteiger partial charge in [-0.15, -0.1) is 4.40 Å². The van der Waals surface area contributed by atoms with E-state index < -0.39 is 10.0 Å². The lowest BCUT2D eigenvalue weighted by Gasteiger charge is -2.26. The first-order valence-electron chi connectivity index (χ1n) is 8.07. The van der Waals surface area contributed by atoms with Gasteiger partial charge < -0.3 is 15.5 Å². The van der Waals surface area contributed by atoms with Crippen molar-refractivity contribution in [2.45, 2.75) is 13.5 Å². The molecule has 25 heavy (non-hydrogen) atoms. The number of amidine groups is 1. The average molecular weight is 360 g/mol. The number of benzene rings is 1. The van der Waals surface area contributed by atoms with Crippen molar-refractivity contribution in [1.82, 2.24) is 10.2 Å². The Bertz CT molecular complexity index is 872. The minimum absolute atomic E-state index is 0.0534. The van der Waals surface area contributed by atoms with Crippen molar-refractivity contribution in [1.29, 1.82) is 0 Å². The zero-order chi connectivity index (χ0) is 17.9. The summed E-state index contributed by atoms with van der Waals surface area (Å²) in [5.41, 5.74) is 2.26. The van der Waals surface area contributed by atoms with E-state index in [1.165, 1.54) is 0 Å². The predicted molar refractivity (Wildman–Crippen MR) is 97.6 cm³/mol. The Labute approximate surface area is 147 Å². The standard InChI is InChI=1S/C17H20N4O3S/c1-2-18-11-13-4-3-5-15(10-13)19-17(22)14-6-7-16-20-25(23,24)9-8-21(16)12-14/h3-7,10,12,18H,2,8-9,11H2,1H3,(H,19,22). The molecule has 1 amide bonds. The highest BCUT2D eigenvalue weighted by Gasteiger charge is 2.24. The highest BCUT2D eigenvalue weighted by molar-refractivity contribution is 7.90. The fourth-order valence-corrected chi connectivity index (χ4v) is 3.54. The van der Waals surface area contributed by atoms with Gasteiger partial charge in [0.05, 0.1) is 11.3 Å². The van der Waals surface area contributed by atoms with Crippen LogP contribution in [0.3, 0.4) is 0 Å². The first-order chi connectivity index (χ1) is 12.0. The SMILES string of the molecule is CCNCc1cccc(NC(=O)C2=CN3CCS(=O)(=O)N=C3C=C2)c1. The van der Waals surface area contributed by atoms with Crippen molar-refractivity contribution < 1.29 is 13.2 Å². The van der Waals surface area contributed by atoms with Crippen LogP contribution in [-0.4, -0.2) is 43.9 Å². The van der Waals surface area contributed by atoms with Crippen LogP contribution in [0.25, 0.3) is 0 Å². The van der Waals surface area contributed by atoms with Crippen molar-refractivity contribution in [3.8, 4) is 0 Å². The summed E-state index contributed by atoms with van der Waals surface area (Å²) in [4.78, 5) is 14.1. The number of carbonyl (C=O) groups excluding carboxylic acids is 1. The molecule has 0 atom stereocenters. The van der Waals surface area contributed by atoms with Crippen LogP contribution in [-0.2, 0) is 21.4 Å². The molecule has 132 valence electrons. The molecule has 0 aliphatic carbocycles. The second kappa shape index (κ2) is 7.20. The summed E-state index contributed by atoms with van der Waals surface area (Å²) in [5.74, 6) is 0.0436. The molecule has 0 unspecified atom stereocenters. The molecule has 0 saturated heterocycles. The Morgan fingerprint density at radius 1 is 1.32 bits per heavy atom. The second-order valence-corrected chi connectivity index (χ2v) is 7.54. The van der Waals surface area contributed by atoms with Gasteiger partial charge in [0.1, 0.15) is 5.84 Å². The monoisotopic (exact) mass is 360 g/mol. The van der Waals surface area contributed by atoms with E-state index in [-0.39, 0.29) is 11.7 Å². The molecule has 2 N–H and O–H groups in total. The Hall–Kier alpha value is -2.45. The number of hydrogen-bond acceptors (Lipinski definition) is 5. The van der Waals surface area contributed by atoms with Gasteiger partial charge >= 0.3 is 0 Å². The molecule has 0 aromatic heterocycles. The van der Waals surface area contributed by atoms with Crippen LogP contribution < -0.4 is 10.6 Å². The summed E-state index contributed by atoms with van der Waals surface area (Å²) in [7, 11) is -3.39. The lowest BCUT2D eigenvalue weighted by molar-refractivity contribution is -0.112. The number of nitrogens with one attached hydrogen (secondary N) is 2. The van der Waals surface area contributed by atoms with Crippen molar-refractivity contribution in [2.24, 2.45) is 4.40 Å². The molecule has 2 aliphatic heterocycles. The highest BCUT2D eigenvalue weighted by Crippen LogP contribution is 2.18. The summed E-state index contributed by atoms with van der Waals surface area (Å²) in [6, 6.07) is 7.65. The molecule has 0 fully saturated rings. The number of amides is 1. The van der Waals surface area contributed by atoms with Crippen molar-refractivity contribution >= 4 is 27.5 Å². The molecule has 0 saturated carbocycles. The topological polar surface area (TPSA) is 90.9 Å². The lowest BCUT2D eigenvalue weighted by Crippen LogP contribution is -2.37. The number of rotatable bonds is 5. The van der Waals surface area contributed by atoms with E-state index in [0.717, 1.165) is 24.3 Å². The summed E-state index contributed by atoms with van der Waals surface area (Å²) >= 11 is 0. The summed E-state index contributed by atoms with van der Waals surface area (Å²) in [6.07, 6.45) is 4.76. The van der Waals surface area contributed by atoms with Crippen LogP contribution in [0.4, 0.5) is 5.69 Å². The van der Waals surface area contributed by atoms with Crippen LogP contribution in [0, 0.1) is 0 Å². The van der Waals surface area contributed by atoms with Gasteiger partial charge in [-0.2, -0.15) is 0 Å². The minimum atomic E-state index is -3.39. The summed E-state index contributed by atoms with van der Waals surface area (Å²) in [6.45, 7) is 3.95. The fraction of sp³-hybridized carbons (Fsp3) is 0.294. The quantitative estimate of drug-likeness (QED) is 0.824. The van der Waals surface area contributed by atoms with E-state index >= 15 is 0 Å². The first kappa shape index (κ1) is 17.4. The second-order valence-electron chi connectivity index (χ2n) is 5.78. The molecule has 2 heterocycles. The number of hydrogen-bond donors (Lipinski definition) is 2. The highest BCUT2D eigenvalue weighted by atomic mass is 32.2. The normalized spacial score (nSPS) is 18.2. The Morgan fingerprint density at radius 3 is 2.96 bits per heavy atom. The van der Waals surface area contributed by atoms with E-state index in [4.69, 9.17) is 0 Å². The van der Waals surface area contributed by atoms with E-state index in [1.54, 1.807) is 23.3 Å². The maximum atomic E-state index is 12.5. The third kappa shape index (κ3) is 4.34. The molecule has 2 aliphatic rings. The van der Waals surface area contributed by atoms with Gasteiger partial charge in [-0.3, -0.25) is 4.79 Å². The van der Waals surface area contributed by atoms with E-state index in [1.807, 2.05) is 31.2 Å². The number of carbonyl (C=O) groups is 1. The third-order valence-electron chi connectivity index (χ3n) is 3.85. The van der Waals surface area contributed by atoms with Gasteiger partial charge in [0.2, 0.25) is 0 Å². The van der Waals surface area contributed by atoms with Crippen molar-refractivity contribution in [2.75, 3.05) is 24.2 Å². The Kier molecular flexibility index (Phi) is 5.00. The van der Waals surface area contributed by atoms with Crippen LogP contribution in [0.2, 0.25) is 0 Å². The average Bonchev–Trinajstić information content (AvgIpc) is 2.59. The first-order valence-corrected chi connectivity index (χ1v) is 9.68. The molecule has 1 aromatic carbocycles. The lowest BCUT2D eigenvalue weighted by atomic mass is 10.1. The van der Waals surface area contributed by atoms with E-state index in [0.29, 0.717) is 18.0 Å². The molecule has 0 spiro atoms. The van der Waals surface area contributed by atoms with E-state index in [9.17, 15) is 13.2 Å². The van der Waals surface area contributed by atoms with Crippen LogP contribution >= 0.6 is 0 Å². The maximum Gasteiger partial charge on any atom is 0.257 e. The molecular formula is C17H20N4O3S. The van der Waals surface area contributed by atoms with Gasteiger partial charge in [0.15, 0.2) is 0 Å². The van der Waals surface area contributed by atoms with Crippen LogP contribution in [0.1, 0.15) is 12.5 Å². The third-order valence-corrected chi connectivity index (χ3v) is 5.01. The zero-order valence-electron chi connectivity index (χ0n) is 13.9. The molecule has 0 bridgehead atoms. The zero-order valence-corrected chi connectivity index (χ0v) is 14.7. The van der Waals surface area contributed by atoms with Crippen molar-refractivity contribution in [3.63, 3.8) is 0 Å². The fourth-order valence-electron chi connectivity index (χ4n) is 2.57. The number of fused-ring (bicyclic) bond motifs is 1. The van der Waals surface area contributed by atoms with E-state index in [2.05, 4.69) is 15.0 Å². The van der Waals surface area contributed by atoms with Gasteiger partial charge in [0, 0.05) is 25.0 Å². The minimum Gasteiger partial charge on any atom is -0.330 e. The molecule has 0 radical (unpaired) electrons. The molecule has 7 nitrogen and oxygen atoms in total. The van der Waals surface area contributed by atoms with Gasteiger partial charge in [-0.05, 0) is 36.4 Å². The van der Waals surface area contributed by atoms with Gasteiger partial charge in [0.25, 0.3) is 15.9 Å². The summed E-state index contributed by atoms with van der Waals surface area (Å²) in [5, 5.41) is 6.11. The van der Waals surface area contributed by atoms with Crippen LogP contribution in [0.15, 0.2) is 52.6 Å². The molecule has 8 heteroatoms. The maximum absolute atomic E-state index is 12.5. The number of anilines is 1. The number of nitrogens with zero attached hydrogens (tertiary/aromatic N) is 2. The molecule has 3 rings (SSSR count). The summed E-state index contributed by atoms with van der Waals surface area (Å²) < 4.78 is 26.7. The van der Waals surface area contributed by atoms with Crippen molar-refractivity contribution in [3.05, 3.63) is 53.8 Å². The Balaban J connectivity index is 1.71. The predicted octanol–water partition coefficient (Wildman–Crippen LogP) is 1.23. The van der Waals surface area contributed by atoms with Crippen LogP contribution in [0.5, 0.6) is 0 Å².